The molecule has 2 aromatic rings. The highest BCUT2D eigenvalue weighted by Gasteiger charge is 2.32. The molecule has 0 spiro atoms. The Labute approximate surface area is 183 Å². The second-order valence-corrected chi connectivity index (χ2v) is 6.42. The monoisotopic (exact) mass is 424 g/mol. The van der Waals surface area contributed by atoms with Gasteiger partial charge in [0.2, 0.25) is 0 Å². The number of hydrogen-bond acceptors (Lipinski definition) is 6. The Bertz CT molecular complexity index is 860. The van der Waals surface area contributed by atoms with Gasteiger partial charge in [0.1, 0.15) is 17.8 Å². The summed E-state index contributed by atoms with van der Waals surface area (Å²) in [6, 6.07) is 18.7. The van der Waals surface area contributed by atoms with Gasteiger partial charge in [0.15, 0.2) is 0 Å². The van der Waals surface area contributed by atoms with Gasteiger partial charge in [-0.2, -0.15) is 0 Å². The van der Waals surface area contributed by atoms with Crippen molar-refractivity contribution in [2.45, 2.75) is 18.9 Å². The van der Waals surface area contributed by atoms with Crippen LogP contribution in [0.25, 0.3) is 0 Å². The third-order valence-electron chi connectivity index (χ3n) is 4.42. The zero-order chi connectivity index (χ0) is 23.2. The number of rotatable bonds is 8. The molecule has 0 amide bonds. The molecule has 0 heterocycles. The molecular weight excluding hydrogens is 396 g/mol. The first-order valence-electron chi connectivity index (χ1n) is 9.57. The van der Waals surface area contributed by atoms with E-state index in [1.165, 1.54) is 21.1 Å². The van der Waals surface area contributed by atoms with E-state index in [9.17, 15) is 14.4 Å². The van der Waals surface area contributed by atoms with E-state index in [1.54, 1.807) is 12.2 Å². The largest absolute Gasteiger partial charge is 0.508 e. The lowest BCUT2D eigenvalue weighted by Crippen LogP contribution is -2.28. The van der Waals surface area contributed by atoms with Gasteiger partial charge >= 0.3 is 12.1 Å². The Balaban J connectivity index is 0.000000316. The average Bonchev–Trinajstić information content (AvgIpc) is 2.81. The maximum Gasteiger partial charge on any atom is 0.508 e. The maximum atomic E-state index is 11.6. The minimum atomic E-state index is -0.820. The molecule has 6 nitrogen and oxygen atoms in total. The van der Waals surface area contributed by atoms with E-state index < -0.39 is 24.1 Å². The van der Waals surface area contributed by atoms with Crippen LogP contribution in [-0.4, -0.2) is 32.1 Å². The predicted octanol–water partition coefficient (Wildman–Crippen LogP) is 5.03. The molecule has 6 heteroatoms. The first-order chi connectivity index (χ1) is 14.9. The molecule has 0 radical (unpaired) electrons. The number of benzene rings is 2. The fraction of sp³-hybridized carbons (Fsp3) is 0.240. The molecule has 3 atom stereocenters. The Morgan fingerprint density at radius 3 is 1.71 bits per heavy atom. The first kappa shape index (κ1) is 25.4. The Morgan fingerprint density at radius 2 is 1.32 bits per heavy atom. The Morgan fingerprint density at radius 1 is 0.806 bits per heavy atom. The Kier molecular flexibility index (Phi) is 11.1. The second kappa shape index (κ2) is 13.5. The van der Waals surface area contributed by atoms with Crippen LogP contribution in [0.3, 0.4) is 0 Å². The summed E-state index contributed by atoms with van der Waals surface area (Å²) in [6.45, 7) is 8.68. The summed E-state index contributed by atoms with van der Waals surface area (Å²) in [7, 11) is 2.55. The van der Waals surface area contributed by atoms with Crippen molar-refractivity contribution in [2.75, 3.05) is 14.2 Å². The SMILES string of the molecule is C=CC(OC(=O)OC)c1ccccc1.C=CC(c1ccccc1)C(C(C)=O)C(=O)OC. The smallest absolute Gasteiger partial charge is 0.468 e. The molecule has 2 aromatic carbocycles. The number of ketones is 1. The molecule has 2 rings (SSSR count). The quantitative estimate of drug-likeness (QED) is 0.336. The predicted molar refractivity (Wildman–Crippen MR) is 118 cm³/mol. The highest BCUT2D eigenvalue weighted by molar-refractivity contribution is 5.99. The molecule has 0 saturated heterocycles. The zero-order valence-corrected chi connectivity index (χ0v) is 18.0. The van der Waals surface area contributed by atoms with Crippen molar-refractivity contribution >= 4 is 17.9 Å². The van der Waals surface area contributed by atoms with Crippen LogP contribution in [0, 0.1) is 5.92 Å². The van der Waals surface area contributed by atoms with Crippen molar-refractivity contribution in [1.82, 2.24) is 0 Å². The lowest BCUT2D eigenvalue weighted by Gasteiger charge is -2.20. The van der Waals surface area contributed by atoms with Crippen LogP contribution in [0.5, 0.6) is 0 Å². The van der Waals surface area contributed by atoms with E-state index in [0.717, 1.165) is 11.1 Å². The summed E-state index contributed by atoms with van der Waals surface area (Å²) >= 11 is 0. The normalized spacial score (nSPS) is 12.6. The van der Waals surface area contributed by atoms with Crippen LogP contribution < -0.4 is 0 Å². The maximum absolute atomic E-state index is 11.6. The number of carbonyl (C=O) groups is 3. The molecule has 3 unspecified atom stereocenters. The summed E-state index contributed by atoms with van der Waals surface area (Å²) < 4.78 is 14.0. The molecule has 0 aliphatic rings. The number of hydrogen-bond donors (Lipinski definition) is 0. The van der Waals surface area contributed by atoms with Crippen molar-refractivity contribution in [1.29, 1.82) is 0 Å². The zero-order valence-electron chi connectivity index (χ0n) is 18.0. The van der Waals surface area contributed by atoms with Crippen LogP contribution in [0.2, 0.25) is 0 Å². The summed E-state index contributed by atoms with van der Waals surface area (Å²) in [5.41, 5.74) is 1.75. The number of carbonyl (C=O) groups excluding carboxylic acids is 3. The van der Waals surface area contributed by atoms with Crippen molar-refractivity contribution < 1.29 is 28.6 Å². The van der Waals surface area contributed by atoms with Crippen molar-refractivity contribution in [3.05, 3.63) is 97.1 Å². The third kappa shape index (κ3) is 7.93. The molecule has 0 aliphatic carbocycles. The van der Waals surface area contributed by atoms with E-state index >= 15 is 0 Å². The van der Waals surface area contributed by atoms with Crippen molar-refractivity contribution in [3.63, 3.8) is 0 Å². The van der Waals surface area contributed by atoms with Gasteiger partial charge in [0.05, 0.1) is 14.2 Å². The molecule has 0 fully saturated rings. The summed E-state index contributed by atoms with van der Waals surface area (Å²) in [6.07, 6.45) is 1.99. The van der Waals surface area contributed by atoms with Gasteiger partial charge in [-0.15, -0.1) is 6.58 Å². The van der Waals surface area contributed by atoms with Crippen molar-refractivity contribution in [2.24, 2.45) is 5.92 Å². The number of methoxy groups -OCH3 is 2. The third-order valence-corrected chi connectivity index (χ3v) is 4.42. The summed E-state index contributed by atoms with van der Waals surface area (Å²) in [4.78, 5) is 34.1. The molecular formula is C25H28O6. The number of Topliss-reactive ketones (excluding diaryl/α,β-unsaturated/α-hetero) is 1. The average molecular weight is 424 g/mol. The van der Waals surface area contributed by atoms with E-state index in [-0.39, 0.29) is 11.7 Å². The van der Waals surface area contributed by atoms with E-state index in [1.807, 2.05) is 60.7 Å². The van der Waals surface area contributed by atoms with Gasteiger partial charge in [-0.05, 0) is 24.1 Å². The first-order valence-corrected chi connectivity index (χ1v) is 9.57. The number of allylic oxidation sites excluding steroid dienone is 1. The Hall–Kier alpha value is -3.67. The number of esters is 1. The minimum Gasteiger partial charge on any atom is -0.468 e. The standard InChI is InChI=1S/C14H16O3.C11H12O3/c1-4-12(11-8-6-5-7-9-11)13(10(2)15)14(16)17-3;1-3-10(14-11(12)13-2)9-7-5-4-6-8-9/h4-9,12-13H,1H2,2-3H3;3-8,10H,1H2,2H3. The van der Waals surface area contributed by atoms with E-state index in [4.69, 9.17) is 4.74 Å². The number of ether oxygens (including phenoxy) is 3. The van der Waals surface area contributed by atoms with Crippen molar-refractivity contribution in [3.8, 4) is 0 Å². The highest BCUT2D eigenvalue weighted by Crippen LogP contribution is 2.27. The molecule has 0 bridgehead atoms. The topological polar surface area (TPSA) is 78.9 Å². The van der Waals surface area contributed by atoms with Gasteiger partial charge < -0.3 is 14.2 Å². The van der Waals surface area contributed by atoms with Gasteiger partial charge in [-0.3, -0.25) is 9.59 Å². The molecule has 0 N–H and O–H groups in total. The van der Waals surface area contributed by atoms with Gasteiger partial charge in [-0.25, -0.2) is 4.79 Å². The molecule has 31 heavy (non-hydrogen) atoms. The second-order valence-electron chi connectivity index (χ2n) is 6.42. The van der Waals surface area contributed by atoms with Gasteiger partial charge in [-0.1, -0.05) is 73.3 Å². The van der Waals surface area contributed by atoms with Crippen LogP contribution in [0.15, 0.2) is 86.0 Å². The lowest BCUT2D eigenvalue weighted by molar-refractivity contribution is -0.149. The van der Waals surface area contributed by atoms with Gasteiger partial charge in [0.25, 0.3) is 0 Å². The van der Waals surface area contributed by atoms with Gasteiger partial charge in [0, 0.05) is 5.92 Å². The molecule has 0 aliphatic heterocycles. The van der Waals surface area contributed by atoms with Crippen LogP contribution in [0.1, 0.15) is 30.1 Å². The summed E-state index contributed by atoms with van der Waals surface area (Å²) in [5.74, 6) is -1.90. The lowest BCUT2D eigenvalue weighted by atomic mass is 9.84. The fourth-order valence-corrected chi connectivity index (χ4v) is 2.88. The highest BCUT2D eigenvalue weighted by atomic mass is 16.7. The molecule has 164 valence electrons. The molecule has 0 aromatic heterocycles. The van der Waals surface area contributed by atoms with Crippen LogP contribution in [0.4, 0.5) is 4.79 Å². The van der Waals surface area contributed by atoms with Crippen LogP contribution in [-0.2, 0) is 23.8 Å². The van der Waals surface area contributed by atoms with Crippen LogP contribution >= 0.6 is 0 Å². The summed E-state index contributed by atoms with van der Waals surface area (Å²) in [5, 5.41) is 0. The van der Waals surface area contributed by atoms with E-state index in [0.29, 0.717) is 0 Å². The minimum absolute atomic E-state index is 0.217. The van der Waals surface area contributed by atoms with E-state index in [2.05, 4.69) is 22.6 Å². The molecule has 0 saturated carbocycles. The fourth-order valence-electron chi connectivity index (χ4n) is 2.88.